The van der Waals surface area contributed by atoms with Crippen LogP contribution in [-0.2, 0) is 20.7 Å². The zero-order valence-corrected chi connectivity index (χ0v) is 18.4. The number of benzene rings is 1. The second kappa shape index (κ2) is 9.28. The first-order valence-corrected chi connectivity index (χ1v) is 11.3. The molecule has 3 heterocycles. The maximum atomic E-state index is 13.2. The topological polar surface area (TPSA) is 118 Å². The number of esters is 1. The zero-order valence-electron chi connectivity index (χ0n) is 16.8. The molecule has 4 rings (SSSR count). The summed E-state index contributed by atoms with van der Waals surface area (Å²) in [4.78, 5) is 56.6. The van der Waals surface area contributed by atoms with Gasteiger partial charge in [0.05, 0.1) is 7.11 Å². The molecule has 1 aromatic carbocycles. The molecule has 1 aliphatic rings. The Morgan fingerprint density at radius 3 is 2.66 bits per heavy atom. The van der Waals surface area contributed by atoms with E-state index in [2.05, 4.69) is 20.4 Å². The predicted octanol–water partition coefficient (Wildman–Crippen LogP) is 2.83. The number of thiophene rings is 1. The number of methoxy groups -OCH3 is 1. The zero-order chi connectivity index (χ0) is 22.7. The lowest BCUT2D eigenvalue weighted by Gasteiger charge is -2.23. The van der Waals surface area contributed by atoms with E-state index in [4.69, 9.17) is 0 Å². The maximum Gasteiger partial charge on any atom is 0.357 e. The summed E-state index contributed by atoms with van der Waals surface area (Å²) in [7, 11) is 1.23. The number of hydrogen-bond donors (Lipinski definition) is 2. The smallest absolute Gasteiger partial charge is 0.357 e. The summed E-state index contributed by atoms with van der Waals surface area (Å²) in [6.45, 7) is 0. The number of amides is 4. The number of nitrogens with zero attached hydrogens (tertiary/aromatic N) is 2. The Morgan fingerprint density at radius 2 is 1.97 bits per heavy atom. The minimum atomic E-state index is -1.10. The highest BCUT2D eigenvalue weighted by Crippen LogP contribution is 2.27. The lowest BCUT2D eigenvalue weighted by Crippen LogP contribution is -2.49. The van der Waals surface area contributed by atoms with Gasteiger partial charge in [-0.1, -0.05) is 36.4 Å². The first-order chi connectivity index (χ1) is 15.5. The number of imide groups is 1. The summed E-state index contributed by atoms with van der Waals surface area (Å²) < 4.78 is 4.62. The Bertz CT molecular complexity index is 1150. The fourth-order valence-electron chi connectivity index (χ4n) is 3.30. The largest absolute Gasteiger partial charge is 0.464 e. The number of nitrogens with one attached hydrogen (secondary N) is 2. The van der Waals surface area contributed by atoms with Crippen LogP contribution in [0.5, 0.6) is 0 Å². The Hall–Kier alpha value is -3.57. The van der Waals surface area contributed by atoms with Crippen molar-refractivity contribution in [2.45, 2.75) is 18.5 Å². The van der Waals surface area contributed by atoms with Gasteiger partial charge in [-0.3, -0.25) is 9.59 Å². The molecule has 0 bridgehead atoms. The van der Waals surface area contributed by atoms with Crippen molar-refractivity contribution in [3.8, 4) is 0 Å². The Kier molecular flexibility index (Phi) is 6.28. The molecule has 4 amide bonds. The normalized spacial score (nSPS) is 16.5. The molecular formula is C21H18N4O5S2. The Morgan fingerprint density at radius 1 is 1.19 bits per heavy atom. The SMILES string of the molecule is COC(=O)c1csc(NC(=O)[C@H](Cc2cccs2)N2C(=O)N[C@@H](c3ccccc3)C2=O)n1. The number of urea groups is 1. The van der Waals surface area contributed by atoms with Gasteiger partial charge in [0.2, 0.25) is 5.91 Å². The van der Waals surface area contributed by atoms with Crippen molar-refractivity contribution < 1.29 is 23.9 Å². The predicted molar refractivity (Wildman–Crippen MR) is 118 cm³/mol. The number of thiazole rings is 1. The van der Waals surface area contributed by atoms with E-state index in [1.54, 1.807) is 24.3 Å². The highest BCUT2D eigenvalue weighted by atomic mass is 32.1. The van der Waals surface area contributed by atoms with Crippen molar-refractivity contribution in [1.82, 2.24) is 15.2 Å². The summed E-state index contributed by atoms with van der Waals surface area (Å²) in [6, 6.07) is 9.89. The third-order valence-corrected chi connectivity index (χ3v) is 6.48. The van der Waals surface area contributed by atoms with E-state index in [1.165, 1.54) is 23.8 Å². The monoisotopic (exact) mass is 470 g/mol. The second-order valence-corrected chi connectivity index (χ2v) is 8.71. The van der Waals surface area contributed by atoms with Crippen LogP contribution in [0.25, 0.3) is 0 Å². The molecule has 1 fully saturated rings. The highest BCUT2D eigenvalue weighted by Gasteiger charge is 2.45. The third-order valence-electron chi connectivity index (χ3n) is 4.82. The Labute approximate surface area is 191 Å². The van der Waals surface area contributed by atoms with Crippen LogP contribution in [0.1, 0.15) is 27.0 Å². The quantitative estimate of drug-likeness (QED) is 0.405. The van der Waals surface area contributed by atoms with E-state index in [-0.39, 0.29) is 17.2 Å². The minimum absolute atomic E-state index is 0.0572. The van der Waals surface area contributed by atoms with Crippen LogP contribution in [0.15, 0.2) is 53.2 Å². The number of carbonyl (C=O) groups excluding carboxylic acids is 4. The van der Waals surface area contributed by atoms with E-state index in [9.17, 15) is 19.2 Å². The molecule has 0 spiro atoms. The van der Waals surface area contributed by atoms with E-state index < -0.39 is 35.9 Å². The number of aromatic nitrogens is 1. The van der Waals surface area contributed by atoms with Gasteiger partial charge in [0.1, 0.15) is 12.1 Å². The van der Waals surface area contributed by atoms with Crippen LogP contribution in [-0.4, -0.2) is 46.9 Å². The maximum absolute atomic E-state index is 13.2. The first kappa shape index (κ1) is 21.7. The van der Waals surface area contributed by atoms with Gasteiger partial charge in [0.15, 0.2) is 10.8 Å². The third kappa shape index (κ3) is 4.39. The molecule has 1 saturated heterocycles. The number of ether oxygens (including phenoxy) is 1. The second-order valence-electron chi connectivity index (χ2n) is 6.82. The van der Waals surface area contributed by atoms with E-state index in [0.29, 0.717) is 5.56 Å². The van der Waals surface area contributed by atoms with Crippen molar-refractivity contribution in [3.05, 3.63) is 69.4 Å². The van der Waals surface area contributed by atoms with Crippen LogP contribution in [0.4, 0.5) is 9.93 Å². The van der Waals surface area contributed by atoms with Gasteiger partial charge in [-0.25, -0.2) is 19.5 Å². The van der Waals surface area contributed by atoms with Crippen LogP contribution >= 0.6 is 22.7 Å². The molecular weight excluding hydrogens is 452 g/mol. The lowest BCUT2D eigenvalue weighted by molar-refractivity contribution is -0.134. The average molecular weight is 471 g/mol. The van der Waals surface area contributed by atoms with Gasteiger partial charge in [0.25, 0.3) is 5.91 Å². The lowest BCUT2D eigenvalue weighted by atomic mass is 10.1. The summed E-state index contributed by atoms with van der Waals surface area (Å²) in [5, 5.41) is 8.75. The molecule has 2 atom stereocenters. The molecule has 0 aliphatic carbocycles. The number of hydrogen-bond acceptors (Lipinski definition) is 8. The van der Waals surface area contributed by atoms with Crippen molar-refractivity contribution in [2.24, 2.45) is 0 Å². The van der Waals surface area contributed by atoms with Crippen LogP contribution in [0, 0.1) is 0 Å². The van der Waals surface area contributed by atoms with Crippen LogP contribution in [0.2, 0.25) is 0 Å². The fourth-order valence-corrected chi connectivity index (χ4v) is 4.73. The average Bonchev–Trinajstić information content (AvgIpc) is 3.54. The van der Waals surface area contributed by atoms with E-state index in [1.807, 2.05) is 23.6 Å². The summed E-state index contributed by atoms with van der Waals surface area (Å²) in [5.41, 5.74) is 0.688. The summed E-state index contributed by atoms with van der Waals surface area (Å²) >= 11 is 2.46. The molecule has 0 radical (unpaired) electrons. The molecule has 32 heavy (non-hydrogen) atoms. The molecule has 164 valence electrons. The number of rotatable bonds is 7. The van der Waals surface area contributed by atoms with Crippen molar-refractivity contribution in [2.75, 3.05) is 12.4 Å². The molecule has 3 aromatic rings. The first-order valence-electron chi connectivity index (χ1n) is 9.53. The van der Waals surface area contributed by atoms with Crippen LogP contribution < -0.4 is 10.6 Å². The molecule has 2 aromatic heterocycles. The number of anilines is 1. The number of carbonyl (C=O) groups is 4. The minimum Gasteiger partial charge on any atom is -0.464 e. The Balaban J connectivity index is 1.59. The summed E-state index contributed by atoms with van der Waals surface area (Å²) in [6.07, 6.45) is 0.152. The molecule has 9 nitrogen and oxygen atoms in total. The van der Waals surface area contributed by atoms with Crippen molar-refractivity contribution in [1.29, 1.82) is 0 Å². The van der Waals surface area contributed by atoms with Gasteiger partial charge in [0, 0.05) is 16.7 Å². The van der Waals surface area contributed by atoms with E-state index >= 15 is 0 Å². The van der Waals surface area contributed by atoms with Gasteiger partial charge in [-0.05, 0) is 17.0 Å². The standard InChI is InChI=1S/C21H18N4O5S2/c1-30-19(28)14-11-32-20(22-14)24-17(26)15(10-13-8-5-9-31-13)25-18(27)16(23-21(25)29)12-6-3-2-4-7-12/h2-9,11,15-16H,10H2,1H3,(H,23,29)(H,22,24,26)/t15-,16-/m0/s1. The van der Waals surface area contributed by atoms with Gasteiger partial charge < -0.3 is 15.4 Å². The van der Waals surface area contributed by atoms with Gasteiger partial charge >= 0.3 is 12.0 Å². The highest BCUT2D eigenvalue weighted by molar-refractivity contribution is 7.14. The van der Waals surface area contributed by atoms with Crippen molar-refractivity contribution >= 4 is 51.6 Å². The van der Waals surface area contributed by atoms with Crippen molar-refractivity contribution in [3.63, 3.8) is 0 Å². The molecule has 11 heteroatoms. The molecule has 0 unspecified atom stereocenters. The van der Waals surface area contributed by atoms with Gasteiger partial charge in [-0.2, -0.15) is 0 Å². The van der Waals surface area contributed by atoms with Gasteiger partial charge in [-0.15, -0.1) is 22.7 Å². The van der Waals surface area contributed by atoms with Crippen LogP contribution in [0.3, 0.4) is 0 Å². The fraction of sp³-hybridized carbons (Fsp3) is 0.190. The molecule has 2 N–H and O–H groups in total. The van der Waals surface area contributed by atoms with E-state index in [0.717, 1.165) is 21.1 Å². The molecule has 0 saturated carbocycles. The molecule has 1 aliphatic heterocycles. The summed E-state index contributed by atoms with van der Waals surface area (Å²) in [5.74, 6) is -1.72.